The summed E-state index contributed by atoms with van der Waals surface area (Å²) < 4.78 is 24.8. The van der Waals surface area contributed by atoms with Crippen LogP contribution in [0.15, 0.2) is 30.5 Å². The Morgan fingerprint density at radius 3 is 2.76 bits per heavy atom. The third kappa shape index (κ3) is 2.26. The topological polar surface area (TPSA) is 56.3 Å². The fourth-order valence-corrected chi connectivity index (χ4v) is 1.75. The minimum atomic E-state index is -1.82. The Hall–Kier alpha value is -1.95. The molecular weight excluding hydrogens is 230 g/mol. The minimum Gasteiger partial charge on any atom is -0.480 e. The Kier molecular flexibility index (Phi) is 3.06. The predicted molar refractivity (Wildman–Crippen MR) is 57.5 cm³/mol. The molecule has 4 nitrogen and oxygen atoms in total. The number of nitrogens with one attached hydrogen (secondary N) is 1. The van der Waals surface area contributed by atoms with E-state index in [0.29, 0.717) is 5.56 Å². The molecule has 1 unspecified atom stereocenters. The van der Waals surface area contributed by atoms with Gasteiger partial charge < -0.3 is 10.1 Å². The van der Waals surface area contributed by atoms with Crippen LogP contribution in [0.3, 0.4) is 0 Å². The first-order valence-electron chi connectivity index (χ1n) is 4.98. The molecule has 0 spiro atoms. The molecule has 1 aromatic heterocycles. The zero-order chi connectivity index (χ0) is 12.4. The largest absolute Gasteiger partial charge is 0.480 e. The zero-order valence-electron chi connectivity index (χ0n) is 8.73. The molecule has 0 radical (unpaired) electrons. The van der Waals surface area contributed by atoms with Gasteiger partial charge in [-0.3, -0.25) is 4.79 Å². The summed E-state index contributed by atoms with van der Waals surface area (Å²) in [4.78, 5) is 13.6. The van der Waals surface area contributed by atoms with Crippen molar-refractivity contribution in [2.24, 2.45) is 0 Å². The molecule has 1 atom stereocenters. The molecule has 90 valence electrons. The van der Waals surface area contributed by atoms with Gasteiger partial charge in [0.2, 0.25) is 0 Å². The maximum Gasteiger partial charge on any atom is 0.326 e. The van der Waals surface area contributed by atoms with Gasteiger partial charge in [-0.15, -0.1) is 8.96 Å². The number of rotatable bonds is 4. The van der Waals surface area contributed by atoms with Gasteiger partial charge in [0, 0.05) is 28.9 Å². The lowest BCUT2D eigenvalue weighted by Crippen LogP contribution is -2.32. The van der Waals surface area contributed by atoms with Crippen molar-refractivity contribution < 1.29 is 18.9 Å². The number of carboxylic acids is 1. The minimum absolute atomic E-state index is 0.244. The van der Waals surface area contributed by atoms with Crippen LogP contribution in [0.1, 0.15) is 5.56 Å². The lowest BCUT2D eigenvalue weighted by Gasteiger charge is -2.11. The van der Waals surface area contributed by atoms with Crippen LogP contribution in [-0.2, 0) is 11.2 Å². The summed E-state index contributed by atoms with van der Waals surface area (Å²) >= 11 is 0. The van der Waals surface area contributed by atoms with Crippen molar-refractivity contribution in [3.8, 4) is 0 Å². The van der Waals surface area contributed by atoms with Gasteiger partial charge in [-0.1, -0.05) is 18.2 Å². The van der Waals surface area contributed by atoms with Crippen molar-refractivity contribution in [3.05, 3.63) is 36.0 Å². The van der Waals surface area contributed by atoms with Crippen molar-refractivity contribution in [3.63, 3.8) is 0 Å². The third-order valence-electron chi connectivity index (χ3n) is 2.61. The lowest BCUT2D eigenvalue weighted by molar-refractivity contribution is -0.200. The smallest absolute Gasteiger partial charge is 0.326 e. The van der Waals surface area contributed by atoms with Crippen LogP contribution < -0.4 is 0 Å². The average Bonchev–Trinajstić information content (AvgIpc) is 2.68. The van der Waals surface area contributed by atoms with Gasteiger partial charge in [0.1, 0.15) is 0 Å². The first-order chi connectivity index (χ1) is 8.09. The van der Waals surface area contributed by atoms with Gasteiger partial charge in [0.15, 0.2) is 6.04 Å². The number of halogens is 2. The van der Waals surface area contributed by atoms with Crippen molar-refractivity contribution in [1.29, 1.82) is 0 Å². The van der Waals surface area contributed by atoms with E-state index in [4.69, 9.17) is 5.11 Å². The van der Waals surface area contributed by atoms with Crippen molar-refractivity contribution in [1.82, 2.24) is 10.3 Å². The molecule has 2 N–H and O–H groups in total. The molecule has 0 aliphatic rings. The lowest BCUT2D eigenvalue weighted by atomic mass is 10.1. The monoisotopic (exact) mass is 240 g/mol. The number of nitrogens with zero attached hydrogens (tertiary/aromatic N) is 1. The molecule has 1 heterocycles. The molecule has 6 heteroatoms. The van der Waals surface area contributed by atoms with Crippen molar-refractivity contribution in [2.45, 2.75) is 12.5 Å². The number of aliphatic carboxylic acids is 1. The van der Waals surface area contributed by atoms with Crippen molar-refractivity contribution >= 4 is 16.9 Å². The number of aromatic amines is 1. The van der Waals surface area contributed by atoms with Gasteiger partial charge in [-0.25, -0.2) is 0 Å². The second-order valence-electron chi connectivity index (χ2n) is 3.68. The molecule has 0 saturated carbocycles. The van der Waals surface area contributed by atoms with Crippen LogP contribution in [0.2, 0.25) is 0 Å². The van der Waals surface area contributed by atoms with Crippen LogP contribution in [0, 0.1) is 0 Å². The summed E-state index contributed by atoms with van der Waals surface area (Å²) in [6.07, 6.45) is 1.32. The summed E-state index contributed by atoms with van der Waals surface area (Å²) in [7, 11) is 0. The summed E-state index contributed by atoms with van der Waals surface area (Å²) in [5, 5.41) is 8.17. The molecule has 0 aliphatic heterocycles. The Morgan fingerprint density at radius 2 is 2.12 bits per heavy atom. The summed E-state index contributed by atoms with van der Waals surface area (Å²) in [5.74, 6) is -1.54. The average molecular weight is 240 g/mol. The maximum absolute atomic E-state index is 12.4. The summed E-state index contributed by atoms with van der Waals surface area (Å²) in [6.45, 7) is 0. The van der Waals surface area contributed by atoms with E-state index in [1.165, 1.54) is 0 Å². The van der Waals surface area contributed by atoms with Crippen molar-refractivity contribution in [2.75, 3.05) is 0 Å². The maximum atomic E-state index is 12.4. The molecule has 0 fully saturated rings. The van der Waals surface area contributed by atoms with Crippen LogP contribution in [0.4, 0.5) is 8.96 Å². The second kappa shape index (κ2) is 4.50. The molecule has 0 aliphatic carbocycles. The summed E-state index contributed by atoms with van der Waals surface area (Å²) in [6, 6.07) is 5.33. The molecule has 0 saturated heterocycles. The van der Waals surface area contributed by atoms with E-state index in [1.807, 2.05) is 6.07 Å². The number of fused-ring (bicyclic) bond motifs is 1. The Bertz CT molecular complexity index is 539. The highest BCUT2D eigenvalue weighted by atomic mass is 19.4. The van der Waals surface area contributed by atoms with E-state index in [9.17, 15) is 13.8 Å². The van der Waals surface area contributed by atoms with Gasteiger partial charge in [-0.2, -0.15) is 0 Å². The standard InChI is InChI=1S/C11H10F2N2O2/c12-15(13)10(11(16)17)5-7-6-14-9-4-2-1-3-8(7)9/h1-4,6,10,14H,5H2,(H,16,17). The number of benzene rings is 1. The fourth-order valence-electron chi connectivity index (χ4n) is 1.75. The van der Waals surface area contributed by atoms with Gasteiger partial charge in [0.25, 0.3) is 0 Å². The number of hydrogen-bond acceptors (Lipinski definition) is 2. The van der Waals surface area contributed by atoms with Crippen LogP contribution >= 0.6 is 0 Å². The molecule has 2 aromatic rings. The van der Waals surface area contributed by atoms with E-state index >= 15 is 0 Å². The van der Waals surface area contributed by atoms with E-state index < -0.39 is 17.4 Å². The first kappa shape index (κ1) is 11.5. The normalized spacial score (nSPS) is 13.1. The van der Waals surface area contributed by atoms with E-state index in [0.717, 1.165) is 10.9 Å². The highest BCUT2D eigenvalue weighted by Gasteiger charge is 2.27. The highest BCUT2D eigenvalue weighted by Crippen LogP contribution is 2.20. The van der Waals surface area contributed by atoms with Crippen LogP contribution in [0.25, 0.3) is 10.9 Å². The quantitative estimate of drug-likeness (QED) is 0.806. The number of para-hydroxylation sites is 1. The first-order valence-corrected chi connectivity index (χ1v) is 4.98. The van der Waals surface area contributed by atoms with Crippen LogP contribution in [0.5, 0.6) is 0 Å². The zero-order valence-corrected chi connectivity index (χ0v) is 8.73. The van der Waals surface area contributed by atoms with Gasteiger partial charge in [0.05, 0.1) is 0 Å². The Morgan fingerprint density at radius 1 is 1.41 bits per heavy atom. The van der Waals surface area contributed by atoms with Crippen LogP contribution in [-0.4, -0.2) is 27.4 Å². The summed E-state index contributed by atoms with van der Waals surface area (Å²) in [5.41, 5.74) is 1.37. The SMILES string of the molecule is O=C(O)C(Cc1c[nH]c2ccccc12)N(F)F. The number of carbonyl (C=O) groups is 1. The second-order valence-corrected chi connectivity index (χ2v) is 3.68. The molecular formula is C11H10F2N2O2. The molecule has 2 rings (SSSR count). The van der Waals surface area contributed by atoms with E-state index in [1.54, 1.807) is 24.4 Å². The van der Waals surface area contributed by atoms with E-state index in [-0.39, 0.29) is 6.42 Å². The number of aromatic nitrogens is 1. The fraction of sp³-hybridized carbons (Fsp3) is 0.182. The number of H-pyrrole nitrogens is 1. The number of hydrogen-bond donors (Lipinski definition) is 2. The molecule has 0 amide bonds. The highest BCUT2D eigenvalue weighted by molar-refractivity contribution is 5.84. The predicted octanol–water partition coefficient (Wildman–Crippen LogP) is 2.23. The van der Waals surface area contributed by atoms with E-state index in [2.05, 4.69) is 4.98 Å². The third-order valence-corrected chi connectivity index (χ3v) is 2.61. The Balaban J connectivity index is 2.31. The van der Waals surface area contributed by atoms with Gasteiger partial charge >= 0.3 is 5.97 Å². The Labute approximate surface area is 95.3 Å². The molecule has 17 heavy (non-hydrogen) atoms. The number of carboxylic acid groups (broad SMARTS) is 1. The molecule has 0 bridgehead atoms. The van der Waals surface area contributed by atoms with Gasteiger partial charge in [-0.05, 0) is 11.6 Å². The molecule has 1 aromatic carbocycles.